The molecule has 0 saturated heterocycles. The third-order valence-corrected chi connectivity index (χ3v) is 4.71. The monoisotopic (exact) mass is 389 g/mol. The molecule has 27 heavy (non-hydrogen) atoms. The van der Waals surface area contributed by atoms with Crippen molar-refractivity contribution >= 4 is 29.1 Å². The maximum Gasteiger partial charge on any atom is 0.326 e. The number of amides is 2. The average molecular weight is 389 g/mol. The summed E-state index contributed by atoms with van der Waals surface area (Å²) in [6.45, 7) is 5.26. The van der Waals surface area contributed by atoms with E-state index in [9.17, 15) is 19.5 Å². The Kier molecular flexibility index (Phi) is 7.06. The lowest BCUT2D eigenvalue weighted by atomic mass is 10.0. The largest absolute Gasteiger partial charge is 0.480 e. The summed E-state index contributed by atoms with van der Waals surface area (Å²) in [4.78, 5) is 40.6. The van der Waals surface area contributed by atoms with E-state index in [1.165, 1.54) is 11.3 Å². The second kappa shape index (κ2) is 9.27. The number of hydrogen-bond donors (Lipinski definition) is 3. The smallest absolute Gasteiger partial charge is 0.326 e. The lowest BCUT2D eigenvalue weighted by Gasteiger charge is -2.16. The first-order valence-corrected chi connectivity index (χ1v) is 9.42. The van der Waals surface area contributed by atoms with Crippen molar-refractivity contribution in [1.82, 2.24) is 15.6 Å². The molecule has 144 valence electrons. The topological polar surface area (TPSA) is 108 Å². The molecule has 1 heterocycles. The molecule has 0 aliphatic heterocycles. The van der Waals surface area contributed by atoms with E-state index >= 15 is 0 Å². The normalized spacial score (nSPS) is 11.9. The SMILES string of the molecule is Cc1nc(-c2ccccc2)c(C(=O)NCC(=O)N[C@@H](CC(C)C)C(=O)O)s1. The molecule has 0 spiro atoms. The van der Waals surface area contributed by atoms with Crippen LogP contribution in [0.1, 0.15) is 34.9 Å². The summed E-state index contributed by atoms with van der Waals surface area (Å²) in [6, 6.07) is 8.35. The minimum absolute atomic E-state index is 0.120. The van der Waals surface area contributed by atoms with Crippen molar-refractivity contribution in [3.63, 3.8) is 0 Å². The zero-order valence-corrected chi connectivity index (χ0v) is 16.3. The van der Waals surface area contributed by atoms with Crippen molar-refractivity contribution in [3.05, 3.63) is 40.2 Å². The van der Waals surface area contributed by atoms with Gasteiger partial charge in [0.2, 0.25) is 5.91 Å². The van der Waals surface area contributed by atoms with E-state index in [4.69, 9.17) is 0 Å². The summed E-state index contributed by atoms with van der Waals surface area (Å²) in [7, 11) is 0. The second-order valence-electron chi connectivity index (χ2n) is 6.55. The average Bonchev–Trinajstić information content (AvgIpc) is 3.01. The molecular formula is C19H23N3O4S. The van der Waals surface area contributed by atoms with E-state index < -0.39 is 23.8 Å². The van der Waals surface area contributed by atoms with Crippen LogP contribution in [0.2, 0.25) is 0 Å². The molecular weight excluding hydrogens is 366 g/mol. The highest BCUT2D eigenvalue weighted by atomic mass is 32.1. The summed E-state index contributed by atoms with van der Waals surface area (Å²) < 4.78 is 0. The molecule has 3 N–H and O–H groups in total. The minimum atomic E-state index is -1.09. The number of carboxylic acids is 1. The van der Waals surface area contributed by atoms with E-state index in [0.29, 0.717) is 17.0 Å². The minimum Gasteiger partial charge on any atom is -0.480 e. The molecule has 1 atom stereocenters. The molecule has 2 amide bonds. The molecule has 0 unspecified atom stereocenters. The maximum absolute atomic E-state index is 12.5. The van der Waals surface area contributed by atoms with E-state index in [0.717, 1.165) is 10.6 Å². The van der Waals surface area contributed by atoms with Gasteiger partial charge in [0.05, 0.1) is 17.2 Å². The van der Waals surface area contributed by atoms with Crippen molar-refractivity contribution in [1.29, 1.82) is 0 Å². The van der Waals surface area contributed by atoms with E-state index in [2.05, 4.69) is 15.6 Å². The molecule has 2 aromatic rings. The lowest BCUT2D eigenvalue weighted by Crippen LogP contribution is -2.46. The number of aromatic nitrogens is 1. The van der Waals surface area contributed by atoms with Gasteiger partial charge in [-0.05, 0) is 19.3 Å². The number of nitrogens with one attached hydrogen (secondary N) is 2. The van der Waals surface area contributed by atoms with Crippen LogP contribution in [-0.2, 0) is 9.59 Å². The van der Waals surface area contributed by atoms with Gasteiger partial charge in [0.1, 0.15) is 10.9 Å². The third kappa shape index (κ3) is 5.89. The Labute approximate surface area is 161 Å². The fourth-order valence-corrected chi connectivity index (χ4v) is 3.41. The molecule has 1 aromatic heterocycles. The Morgan fingerprint density at radius 2 is 1.85 bits per heavy atom. The number of carbonyl (C=O) groups is 3. The fraction of sp³-hybridized carbons (Fsp3) is 0.368. The number of hydrogen-bond acceptors (Lipinski definition) is 5. The molecule has 8 heteroatoms. The maximum atomic E-state index is 12.5. The van der Waals surface area contributed by atoms with Gasteiger partial charge in [-0.3, -0.25) is 9.59 Å². The summed E-state index contributed by atoms with van der Waals surface area (Å²) >= 11 is 1.25. The Hall–Kier alpha value is -2.74. The molecule has 0 aliphatic carbocycles. The summed E-state index contributed by atoms with van der Waals surface area (Å²) in [5.74, 6) is -1.92. The van der Waals surface area contributed by atoms with Gasteiger partial charge in [-0.2, -0.15) is 0 Å². The highest BCUT2D eigenvalue weighted by molar-refractivity contribution is 7.14. The zero-order valence-electron chi connectivity index (χ0n) is 15.5. The van der Waals surface area contributed by atoms with Crippen LogP contribution in [0, 0.1) is 12.8 Å². The van der Waals surface area contributed by atoms with Gasteiger partial charge < -0.3 is 15.7 Å². The Morgan fingerprint density at radius 3 is 2.44 bits per heavy atom. The van der Waals surface area contributed by atoms with Crippen molar-refractivity contribution in [2.24, 2.45) is 5.92 Å². The lowest BCUT2D eigenvalue weighted by molar-refractivity contribution is -0.142. The fourth-order valence-electron chi connectivity index (χ4n) is 2.55. The molecule has 0 bridgehead atoms. The van der Waals surface area contributed by atoms with Crippen molar-refractivity contribution in [2.45, 2.75) is 33.2 Å². The first-order chi connectivity index (χ1) is 12.8. The van der Waals surface area contributed by atoms with Gasteiger partial charge in [-0.15, -0.1) is 11.3 Å². The number of aliphatic carboxylic acids is 1. The van der Waals surface area contributed by atoms with Gasteiger partial charge in [0, 0.05) is 5.56 Å². The number of aryl methyl sites for hydroxylation is 1. The highest BCUT2D eigenvalue weighted by Gasteiger charge is 2.22. The summed E-state index contributed by atoms with van der Waals surface area (Å²) in [5.41, 5.74) is 1.39. The number of carboxylic acid groups (broad SMARTS) is 1. The van der Waals surface area contributed by atoms with Crippen LogP contribution >= 0.6 is 11.3 Å². The molecule has 7 nitrogen and oxygen atoms in total. The van der Waals surface area contributed by atoms with Crippen LogP contribution in [-0.4, -0.2) is 40.5 Å². The summed E-state index contributed by atoms with van der Waals surface area (Å²) in [6.07, 6.45) is 0.321. The summed E-state index contributed by atoms with van der Waals surface area (Å²) in [5, 5.41) is 14.9. The molecule has 1 aromatic carbocycles. The quantitative estimate of drug-likeness (QED) is 0.643. The zero-order chi connectivity index (χ0) is 20.0. The molecule has 0 saturated carbocycles. The number of rotatable bonds is 8. The predicted octanol–water partition coefficient (Wildman–Crippen LogP) is 2.46. The number of nitrogens with zero attached hydrogens (tertiary/aromatic N) is 1. The second-order valence-corrected chi connectivity index (χ2v) is 7.75. The molecule has 2 rings (SSSR count). The standard InChI is InChI=1S/C19H23N3O4S/c1-11(2)9-14(19(25)26)22-15(23)10-20-18(24)17-16(21-12(3)27-17)13-7-5-4-6-8-13/h4-8,11,14H,9-10H2,1-3H3,(H,20,24)(H,22,23)(H,25,26)/t14-/m0/s1. The first kappa shape index (κ1) is 20.6. The number of benzene rings is 1. The number of thiazole rings is 1. The van der Waals surface area contributed by atoms with Gasteiger partial charge in [0.15, 0.2) is 0 Å². The van der Waals surface area contributed by atoms with Gasteiger partial charge >= 0.3 is 5.97 Å². The van der Waals surface area contributed by atoms with Crippen LogP contribution in [0.25, 0.3) is 11.3 Å². The first-order valence-electron chi connectivity index (χ1n) is 8.61. The van der Waals surface area contributed by atoms with Crippen LogP contribution in [0.5, 0.6) is 0 Å². The predicted molar refractivity (Wildman–Crippen MR) is 104 cm³/mol. The molecule has 0 radical (unpaired) electrons. The van der Waals surface area contributed by atoms with E-state index in [-0.39, 0.29) is 12.5 Å². The van der Waals surface area contributed by atoms with Crippen LogP contribution in [0.15, 0.2) is 30.3 Å². The van der Waals surface area contributed by atoms with Gasteiger partial charge in [-0.1, -0.05) is 44.2 Å². The van der Waals surface area contributed by atoms with E-state index in [1.54, 1.807) is 0 Å². The van der Waals surface area contributed by atoms with Crippen molar-refractivity contribution in [2.75, 3.05) is 6.54 Å². The Bertz CT molecular complexity index is 818. The van der Waals surface area contributed by atoms with Crippen LogP contribution in [0.4, 0.5) is 0 Å². The van der Waals surface area contributed by atoms with Gasteiger partial charge in [-0.25, -0.2) is 9.78 Å². The third-order valence-electron chi connectivity index (χ3n) is 3.74. The molecule has 0 aliphatic rings. The number of carbonyl (C=O) groups excluding carboxylic acids is 2. The van der Waals surface area contributed by atoms with Crippen LogP contribution < -0.4 is 10.6 Å². The van der Waals surface area contributed by atoms with E-state index in [1.807, 2.05) is 51.1 Å². The van der Waals surface area contributed by atoms with Gasteiger partial charge in [0.25, 0.3) is 5.91 Å². The molecule has 0 fully saturated rings. The van der Waals surface area contributed by atoms with Crippen molar-refractivity contribution < 1.29 is 19.5 Å². The highest BCUT2D eigenvalue weighted by Crippen LogP contribution is 2.27. The Balaban J connectivity index is 2.02. The Morgan fingerprint density at radius 1 is 1.19 bits per heavy atom. The van der Waals surface area contributed by atoms with Crippen LogP contribution in [0.3, 0.4) is 0 Å². The van der Waals surface area contributed by atoms with Crippen molar-refractivity contribution in [3.8, 4) is 11.3 Å².